The summed E-state index contributed by atoms with van der Waals surface area (Å²) in [6.07, 6.45) is 1.92. The molecule has 0 aliphatic carbocycles. The van der Waals surface area contributed by atoms with E-state index < -0.39 is 0 Å². The Bertz CT molecular complexity index is 402. The summed E-state index contributed by atoms with van der Waals surface area (Å²) in [5.41, 5.74) is 1.47. The van der Waals surface area contributed by atoms with E-state index in [1.165, 1.54) is 5.56 Å². The summed E-state index contributed by atoms with van der Waals surface area (Å²) < 4.78 is 5.87. The lowest BCUT2D eigenvalue weighted by molar-refractivity contribution is 0.195. The first kappa shape index (κ1) is 16.0. The number of pyridine rings is 1. The lowest BCUT2D eigenvalue weighted by atomic mass is 9.88. The summed E-state index contributed by atoms with van der Waals surface area (Å²) in [5, 5.41) is 3.43. The molecule has 0 bridgehead atoms. The third kappa shape index (κ3) is 6.06. The summed E-state index contributed by atoms with van der Waals surface area (Å²) >= 11 is 0. The summed E-state index contributed by atoms with van der Waals surface area (Å²) in [6, 6.07) is 4.08. The Morgan fingerprint density at radius 2 is 1.84 bits per heavy atom. The van der Waals surface area contributed by atoms with E-state index in [9.17, 15) is 0 Å². The van der Waals surface area contributed by atoms with Gasteiger partial charge in [0.15, 0.2) is 0 Å². The molecule has 1 atom stereocenters. The van der Waals surface area contributed by atoms with Crippen LogP contribution in [0.1, 0.15) is 54.0 Å². The van der Waals surface area contributed by atoms with E-state index in [1.807, 2.05) is 18.3 Å². The zero-order valence-electron chi connectivity index (χ0n) is 13.4. The molecule has 0 saturated carbocycles. The van der Waals surface area contributed by atoms with Crippen LogP contribution in [-0.4, -0.2) is 23.2 Å². The maximum Gasteiger partial charge on any atom is 0.213 e. The predicted molar refractivity (Wildman–Crippen MR) is 80.8 cm³/mol. The van der Waals surface area contributed by atoms with Gasteiger partial charge >= 0.3 is 0 Å². The second-order valence-corrected chi connectivity index (χ2v) is 7.19. The number of nitrogens with one attached hydrogen (secondary N) is 1. The number of aromatic nitrogens is 1. The van der Waals surface area contributed by atoms with E-state index in [4.69, 9.17) is 4.74 Å². The largest absolute Gasteiger partial charge is 0.473 e. The van der Waals surface area contributed by atoms with Gasteiger partial charge in [0, 0.05) is 24.3 Å². The van der Waals surface area contributed by atoms with E-state index in [2.05, 4.69) is 58.8 Å². The van der Waals surface area contributed by atoms with Gasteiger partial charge in [-0.25, -0.2) is 4.98 Å². The highest BCUT2D eigenvalue weighted by atomic mass is 16.5. The molecule has 0 radical (unpaired) electrons. The predicted octanol–water partition coefficient (Wildman–Crippen LogP) is 3.53. The summed E-state index contributed by atoms with van der Waals surface area (Å²) in [6.45, 7) is 15.9. The molecule has 108 valence electrons. The minimum absolute atomic E-state index is 0.0990. The first-order chi connectivity index (χ1) is 8.58. The Balaban J connectivity index is 2.62. The molecule has 3 nitrogen and oxygen atoms in total. The minimum atomic E-state index is 0.0990. The van der Waals surface area contributed by atoms with Crippen LogP contribution in [0.25, 0.3) is 0 Å². The number of rotatable bonds is 4. The molecule has 0 amide bonds. The molecular formula is C16H28N2O. The summed E-state index contributed by atoms with van der Waals surface area (Å²) in [7, 11) is 0. The van der Waals surface area contributed by atoms with Crippen molar-refractivity contribution in [3.63, 3.8) is 0 Å². The molecule has 0 aliphatic heterocycles. The Labute approximate surface area is 117 Å². The van der Waals surface area contributed by atoms with Crippen molar-refractivity contribution in [2.24, 2.45) is 0 Å². The quantitative estimate of drug-likeness (QED) is 0.903. The van der Waals surface area contributed by atoms with Crippen LogP contribution < -0.4 is 10.1 Å². The SMILES string of the molecule is C[C@H](CNC(C)(C)C)Oc1cc(C(C)(C)C)ccn1. The molecule has 1 aromatic rings. The smallest absolute Gasteiger partial charge is 0.213 e. The highest BCUT2D eigenvalue weighted by Crippen LogP contribution is 2.24. The second kappa shape index (κ2) is 5.91. The van der Waals surface area contributed by atoms with Crippen LogP contribution in [-0.2, 0) is 5.41 Å². The van der Waals surface area contributed by atoms with Gasteiger partial charge in [0.1, 0.15) is 6.10 Å². The van der Waals surface area contributed by atoms with E-state index in [0.29, 0.717) is 5.88 Å². The first-order valence-electron chi connectivity index (χ1n) is 6.96. The molecule has 1 aromatic heterocycles. The van der Waals surface area contributed by atoms with Crippen LogP contribution in [0.4, 0.5) is 0 Å². The topological polar surface area (TPSA) is 34.1 Å². The fourth-order valence-electron chi connectivity index (χ4n) is 1.64. The van der Waals surface area contributed by atoms with Gasteiger partial charge in [0.05, 0.1) is 0 Å². The third-order valence-electron chi connectivity index (χ3n) is 2.84. The van der Waals surface area contributed by atoms with Crippen molar-refractivity contribution < 1.29 is 4.74 Å². The maximum atomic E-state index is 5.87. The van der Waals surface area contributed by atoms with Crippen LogP contribution in [0.5, 0.6) is 5.88 Å². The average molecular weight is 264 g/mol. The number of hydrogen-bond acceptors (Lipinski definition) is 3. The van der Waals surface area contributed by atoms with Gasteiger partial charge in [0.2, 0.25) is 5.88 Å². The zero-order valence-corrected chi connectivity index (χ0v) is 13.4. The Hall–Kier alpha value is -1.09. The van der Waals surface area contributed by atoms with Gasteiger partial charge in [-0.3, -0.25) is 0 Å². The van der Waals surface area contributed by atoms with Crippen molar-refractivity contribution in [3.8, 4) is 5.88 Å². The maximum absolute atomic E-state index is 5.87. The lowest BCUT2D eigenvalue weighted by Gasteiger charge is -2.24. The standard InChI is InChI=1S/C16H28N2O/c1-12(11-18-16(5,6)7)19-14-10-13(8-9-17-14)15(2,3)4/h8-10,12,18H,11H2,1-7H3/t12-/m1/s1. The van der Waals surface area contributed by atoms with Crippen LogP contribution in [0.2, 0.25) is 0 Å². The lowest BCUT2D eigenvalue weighted by Crippen LogP contribution is -2.41. The van der Waals surface area contributed by atoms with Crippen LogP contribution in [0.15, 0.2) is 18.3 Å². The van der Waals surface area contributed by atoms with E-state index in [0.717, 1.165) is 6.54 Å². The van der Waals surface area contributed by atoms with Crippen molar-refractivity contribution in [2.45, 2.75) is 65.5 Å². The van der Waals surface area contributed by atoms with Crippen LogP contribution >= 0.6 is 0 Å². The van der Waals surface area contributed by atoms with Gasteiger partial charge in [-0.2, -0.15) is 0 Å². The molecule has 0 saturated heterocycles. The van der Waals surface area contributed by atoms with Gasteiger partial charge < -0.3 is 10.1 Å². The van der Waals surface area contributed by atoms with Crippen molar-refractivity contribution in [2.75, 3.05) is 6.54 Å². The summed E-state index contributed by atoms with van der Waals surface area (Å²) in [5.74, 6) is 0.704. The van der Waals surface area contributed by atoms with Gasteiger partial charge in [-0.05, 0) is 44.7 Å². The van der Waals surface area contributed by atoms with Crippen LogP contribution in [0.3, 0.4) is 0 Å². The molecule has 0 unspecified atom stereocenters. The van der Waals surface area contributed by atoms with Crippen LogP contribution in [0, 0.1) is 0 Å². The fraction of sp³-hybridized carbons (Fsp3) is 0.688. The average Bonchev–Trinajstić information content (AvgIpc) is 2.25. The van der Waals surface area contributed by atoms with Crippen molar-refractivity contribution in [1.29, 1.82) is 0 Å². The molecule has 1 heterocycles. The molecule has 1 rings (SSSR count). The number of nitrogens with zero attached hydrogens (tertiary/aromatic N) is 1. The highest BCUT2D eigenvalue weighted by molar-refractivity contribution is 5.26. The number of ether oxygens (including phenoxy) is 1. The first-order valence-corrected chi connectivity index (χ1v) is 6.96. The Kier molecular flexibility index (Phi) is 4.97. The van der Waals surface area contributed by atoms with Gasteiger partial charge in [-0.15, -0.1) is 0 Å². The third-order valence-corrected chi connectivity index (χ3v) is 2.84. The van der Waals surface area contributed by atoms with Gasteiger partial charge in [0.25, 0.3) is 0 Å². The Morgan fingerprint density at radius 1 is 1.21 bits per heavy atom. The van der Waals surface area contributed by atoms with Crippen molar-refractivity contribution >= 4 is 0 Å². The van der Waals surface area contributed by atoms with Gasteiger partial charge in [-0.1, -0.05) is 20.8 Å². The molecule has 0 aromatic carbocycles. The fourth-order valence-corrected chi connectivity index (χ4v) is 1.64. The number of hydrogen-bond donors (Lipinski definition) is 1. The van der Waals surface area contributed by atoms with E-state index in [-0.39, 0.29) is 17.1 Å². The van der Waals surface area contributed by atoms with E-state index >= 15 is 0 Å². The molecule has 1 N–H and O–H groups in total. The molecular weight excluding hydrogens is 236 g/mol. The Morgan fingerprint density at radius 3 is 2.37 bits per heavy atom. The zero-order chi connectivity index (χ0) is 14.7. The van der Waals surface area contributed by atoms with Crippen molar-refractivity contribution in [1.82, 2.24) is 10.3 Å². The molecule has 0 aliphatic rings. The monoisotopic (exact) mass is 264 g/mol. The molecule has 19 heavy (non-hydrogen) atoms. The normalized spacial score (nSPS) is 14.3. The van der Waals surface area contributed by atoms with E-state index in [1.54, 1.807) is 0 Å². The molecule has 0 spiro atoms. The minimum Gasteiger partial charge on any atom is -0.473 e. The highest BCUT2D eigenvalue weighted by Gasteiger charge is 2.16. The molecule has 0 fully saturated rings. The molecule has 3 heteroatoms. The summed E-state index contributed by atoms with van der Waals surface area (Å²) in [4.78, 5) is 4.29. The second-order valence-electron chi connectivity index (χ2n) is 7.19. The van der Waals surface area contributed by atoms with Crippen molar-refractivity contribution in [3.05, 3.63) is 23.9 Å².